The minimum absolute atomic E-state index is 0.00921. The van der Waals surface area contributed by atoms with Gasteiger partial charge in [0, 0.05) is 5.92 Å². The van der Waals surface area contributed by atoms with Gasteiger partial charge in [-0.3, -0.25) is 4.79 Å². The van der Waals surface area contributed by atoms with E-state index in [1.165, 1.54) is 22.3 Å². The molecule has 0 saturated heterocycles. The van der Waals surface area contributed by atoms with Gasteiger partial charge in [0.2, 0.25) is 0 Å². The van der Waals surface area contributed by atoms with Crippen LogP contribution in [0.4, 0.5) is 0 Å². The van der Waals surface area contributed by atoms with Crippen molar-refractivity contribution in [2.75, 3.05) is 6.61 Å². The Kier molecular flexibility index (Phi) is 4.22. The van der Waals surface area contributed by atoms with Gasteiger partial charge < -0.3 is 9.47 Å². The highest BCUT2D eigenvalue weighted by molar-refractivity contribution is 5.79. The Hall–Kier alpha value is -2.13. The number of hydrogen-bond acceptors (Lipinski definition) is 3. The highest BCUT2D eigenvalue weighted by Crippen LogP contribution is 2.46. The number of hydrogen-bond donors (Lipinski definition) is 0. The molecule has 3 nitrogen and oxygen atoms in total. The van der Waals surface area contributed by atoms with E-state index in [-0.39, 0.29) is 17.6 Å². The summed E-state index contributed by atoms with van der Waals surface area (Å²) in [6, 6.07) is 16.6. The lowest BCUT2D eigenvalue weighted by Crippen LogP contribution is -2.32. The molecule has 23 heavy (non-hydrogen) atoms. The summed E-state index contributed by atoms with van der Waals surface area (Å²) in [5.41, 5.74) is 4.53. The topological polar surface area (TPSA) is 35.5 Å². The SMILES string of the molecule is CC(C)(C)OCC(OC=O)C1c2ccccc2-c2ccccc21. The van der Waals surface area contributed by atoms with E-state index in [0.29, 0.717) is 13.1 Å². The van der Waals surface area contributed by atoms with Crippen molar-refractivity contribution in [1.29, 1.82) is 0 Å². The molecule has 0 radical (unpaired) electrons. The maximum atomic E-state index is 11.0. The lowest BCUT2D eigenvalue weighted by molar-refractivity contribution is -0.141. The lowest BCUT2D eigenvalue weighted by Gasteiger charge is -2.28. The predicted molar refractivity (Wildman–Crippen MR) is 90.4 cm³/mol. The maximum Gasteiger partial charge on any atom is 0.293 e. The van der Waals surface area contributed by atoms with Crippen molar-refractivity contribution in [3.63, 3.8) is 0 Å². The van der Waals surface area contributed by atoms with Crippen LogP contribution >= 0.6 is 0 Å². The first-order valence-electron chi connectivity index (χ1n) is 7.92. The van der Waals surface area contributed by atoms with Gasteiger partial charge in [-0.05, 0) is 43.0 Å². The molecule has 3 heteroatoms. The summed E-state index contributed by atoms with van der Waals surface area (Å²) in [7, 11) is 0. The average molecular weight is 310 g/mol. The molecule has 1 atom stereocenters. The van der Waals surface area contributed by atoms with Crippen LogP contribution in [0, 0.1) is 0 Å². The van der Waals surface area contributed by atoms with Crippen molar-refractivity contribution in [2.45, 2.75) is 38.4 Å². The van der Waals surface area contributed by atoms with Crippen molar-refractivity contribution < 1.29 is 14.3 Å². The molecule has 0 heterocycles. The number of rotatable bonds is 5. The van der Waals surface area contributed by atoms with E-state index in [1.807, 2.05) is 45.0 Å². The molecule has 0 spiro atoms. The number of ether oxygens (including phenoxy) is 2. The molecule has 3 rings (SSSR count). The third-order valence-corrected chi connectivity index (χ3v) is 4.16. The Morgan fingerprint density at radius 1 is 1.00 bits per heavy atom. The molecule has 2 aromatic rings. The quantitative estimate of drug-likeness (QED) is 0.778. The lowest BCUT2D eigenvalue weighted by atomic mass is 9.91. The predicted octanol–water partition coefficient (Wildman–Crippen LogP) is 4.16. The Morgan fingerprint density at radius 2 is 1.52 bits per heavy atom. The van der Waals surface area contributed by atoms with Crippen LogP contribution in [0.5, 0.6) is 0 Å². The van der Waals surface area contributed by atoms with Crippen molar-refractivity contribution in [2.24, 2.45) is 0 Å². The van der Waals surface area contributed by atoms with Crippen molar-refractivity contribution in [3.8, 4) is 11.1 Å². The second-order valence-corrected chi connectivity index (χ2v) is 6.85. The van der Waals surface area contributed by atoms with E-state index in [1.54, 1.807) is 0 Å². The fraction of sp³-hybridized carbons (Fsp3) is 0.350. The first-order chi connectivity index (χ1) is 11.0. The zero-order chi connectivity index (χ0) is 16.4. The molecule has 2 aromatic carbocycles. The molecule has 0 aromatic heterocycles. The fourth-order valence-electron chi connectivity index (χ4n) is 3.21. The zero-order valence-corrected chi connectivity index (χ0v) is 13.8. The molecular formula is C20H22O3. The van der Waals surface area contributed by atoms with Gasteiger partial charge in [-0.2, -0.15) is 0 Å². The molecule has 0 N–H and O–H groups in total. The molecule has 1 aliphatic rings. The minimum atomic E-state index is -0.337. The van der Waals surface area contributed by atoms with Gasteiger partial charge in [0.25, 0.3) is 6.47 Å². The van der Waals surface area contributed by atoms with Gasteiger partial charge in [-0.15, -0.1) is 0 Å². The fourth-order valence-corrected chi connectivity index (χ4v) is 3.21. The molecule has 0 amide bonds. The van der Waals surface area contributed by atoms with Crippen LogP contribution in [0.3, 0.4) is 0 Å². The van der Waals surface area contributed by atoms with Gasteiger partial charge >= 0.3 is 0 Å². The van der Waals surface area contributed by atoms with Crippen LogP contribution in [0.1, 0.15) is 37.8 Å². The van der Waals surface area contributed by atoms with Gasteiger partial charge in [0.1, 0.15) is 6.10 Å². The van der Waals surface area contributed by atoms with Crippen molar-refractivity contribution >= 4 is 6.47 Å². The van der Waals surface area contributed by atoms with Gasteiger partial charge in [0.05, 0.1) is 12.2 Å². The summed E-state index contributed by atoms with van der Waals surface area (Å²) < 4.78 is 11.3. The van der Waals surface area contributed by atoms with E-state index < -0.39 is 0 Å². The Balaban J connectivity index is 2.00. The summed E-state index contributed by atoms with van der Waals surface area (Å²) in [6.45, 7) is 6.90. The standard InChI is InChI=1S/C20H22O3/c1-20(2,3)23-12-18(22-13-21)19-16-10-6-4-8-14(16)15-9-5-7-11-17(15)19/h4-11,13,18-19H,12H2,1-3H3. The highest BCUT2D eigenvalue weighted by Gasteiger charge is 2.36. The van der Waals surface area contributed by atoms with E-state index in [9.17, 15) is 4.79 Å². The van der Waals surface area contributed by atoms with E-state index in [2.05, 4.69) is 24.3 Å². The number of carbonyl (C=O) groups excluding carboxylic acids is 1. The molecule has 0 fully saturated rings. The average Bonchev–Trinajstić information content (AvgIpc) is 2.85. The smallest absolute Gasteiger partial charge is 0.293 e. The second-order valence-electron chi connectivity index (χ2n) is 6.85. The van der Waals surface area contributed by atoms with Crippen LogP contribution in [0.2, 0.25) is 0 Å². The Bertz CT molecular complexity index is 655. The van der Waals surface area contributed by atoms with Crippen molar-refractivity contribution in [1.82, 2.24) is 0 Å². The summed E-state index contributed by atoms with van der Waals surface area (Å²) in [4.78, 5) is 11.0. The highest BCUT2D eigenvalue weighted by atomic mass is 16.6. The van der Waals surface area contributed by atoms with Gasteiger partial charge in [-0.1, -0.05) is 48.5 Å². The number of benzene rings is 2. The molecule has 0 bridgehead atoms. The van der Waals surface area contributed by atoms with Crippen molar-refractivity contribution in [3.05, 3.63) is 59.7 Å². The Labute approximate surface area is 137 Å². The summed E-state index contributed by atoms with van der Waals surface area (Å²) in [5.74, 6) is 0.00921. The molecule has 120 valence electrons. The van der Waals surface area contributed by atoms with E-state index in [4.69, 9.17) is 9.47 Å². The number of carbonyl (C=O) groups is 1. The van der Waals surface area contributed by atoms with Crippen LogP contribution < -0.4 is 0 Å². The van der Waals surface area contributed by atoms with Crippen LogP contribution in [-0.2, 0) is 14.3 Å². The third-order valence-electron chi connectivity index (χ3n) is 4.16. The summed E-state index contributed by atoms with van der Waals surface area (Å²) in [5, 5.41) is 0. The molecule has 0 saturated carbocycles. The first kappa shape index (κ1) is 15.8. The normalized spacial score (nSPS) is 14.9. The van der Waals surface area contributed by atoms with E-state index in [0.717, 1.165) is 0 Å². The summed E-state index contributed by atoms with van der Waals surface area (Å²) >= 11 is 0. The minimum Gasteiger partial charge on any atom is -0.461 e. The zero-order valence-electron chi connectivity index (χ0n) is 13.8. The molecule has 1 unspecified atom stereocenters. The Morgan fingerprint density at radius 3 is 2.00 bits per heavy atom. The molecular weight excluding hydrogens is 288 g/mol. The largest absolute Gasteiger partial charge is 0.461 e. The van der Waals surface area contributed by atoms with E-state index >= 15 is 0 Å². The van der Waals surface area contributed by atoms with Gasteiger partial charge in [-0.25, -0.2) is 0 Å². The summed E-state index contributed by atoms with van der Waals surface area (Å²) in [6.07, 6.45) is -0.337. The van der Waals surface area contributed by atoms with Crippen LogP contribution in [0.15, 0.2) is 48.5 Å². The monoisotopic (exact) mass is 310 g/mol. The number of fused-ring (bicyclic) bond motifs is 3. The second kappa shape index (κ2) is 6.17. The van der Waals surface area contributed by atoms with Gasteiger partial charge in [0.15, 0.2) is 0 Å². The van der Waals surface area contributed by atoms with Crippen LogP contribution in [0.25, 0.3) is 11.1 Å². The third kappa shape index (κ3) is 3.15. The maximum absolute atomic E-state index is 11.0. The molecule has 0 aliphatic heterocycles. The van der Waals surface area contributed by atoms with Crippen LogP contribution in [-0.4, -0.2) is 24.8 Å². The molecule has 1 aliphatic carbocycles. The first-order valence-corrected chi connectivity index (χ1v) is 7.92.